The van der Waals surface area contributed by atoms with Crippen molar-refractivity contribution < 1.29 is 19.0 Å². The van der Waals surface area contributed by atoms with Gasteiger partial charge in [0, 0.05) is 23.3 Å². The third-order valence-electron chi connectivity index (χ3n) is 3.80. The van der Waals surface area contributed by atoms with Crippen molar-refractivity contribution in [2.24, 2.45) is 0 Å². The molecule has 0 radical (unpaired) electrons. The molecule has 2 aliphatic heterocycles. The van der Waals surface area contributed by atoms with Crippen LogP contribution in [-0.2, 0) is 4.79 Å². The Labute approximate surface area is 154 Å². The quantitative estimate of drug-likeness (QED) is 0.855. The molecule has 0 spiro atoms. The van der Waals surface area contributed by atoms with Crippen LogP contribution in [0.1, 0.15) is 10.1 Å². The Morgan fingerprint density at radius 2 is 1.84 bits per heavy atom. The number of benzene rings is 2. The zero-order chi connectivity index (χ0) is 17.1. The molecule has 5 nitrogen and oxygen atoms in total. The van der Waals surface area contributed by atoms with Crippen LogP contribution in [0.15, 0.2) is 42.5 Å². The summed E-state index contributed by atoms with van der Waals surface area (Å²) in [7, 11) is 0. The molecule has 1 fully saturated rings. The van der Waals surface area contributed by atoms with Gasteiger partial charge in [-0.1, -0.05) is 12.1 Å². The minimum absolute atomic E-state index is 0.0410. The van der Waals surface area contributed by atoms with E-state index < -0.39 is 0 Å². The molecule has 1 amide bonds. The van der Waals surface area contributed by atoms with Gasteiger partial charge in [-0.2, -0.15) is 0 Å². The SMILES string of the molecule is O=C(COc1ccc(C2SCCS2)cc1)Nc1ccc2c(c1)OCO2. The number of ether oxygens (including phenoxy) is 3. The lowest BCUT2D eigenvalue weighted by atomic mass is 10.2. The molecular formula is C18H17NO4S2. The molecule has 1 saturated heterocycles. The number of carbonyl (C=O) groups excluding carboxylic acids is 1. The van der Waals surface area contributed by atoms with Crippen LogP contribution in [0.2, 0.25) is 0 Å². The molecule has 2 aromatic carbocycles. The van der Waals surface area contributed by atoms with E-state index in [2.05, 4.69) is 17.4 Å². The molecule has 0 bridgehead atoms. The van der Waals surface area contributed by atoms with Crippen LogP contribution in [0.4, 0.5) is 5.69 Å². The molecule has 130 valence electrons. The van der Waals surface area contributed by atoms with Crippen molar-refractivity contribution in [1.82, 2.24) is 0 Å². The summed E-state index contributed by atoms with van der Waals surface area (Å²) in [5.41, 5.74) is 1.95. The lowest BCUT2D eigenvalue weighted by Crippen LogP contribution is -2.20. The molecule has 7 heteroatoms. The first-order valence-electron chi connectivity index (χ1n) is 7.93. The Kier molecular flexibility index (Phi) is 4.94. The number of hydrogen-bond acceptors (Lipinski definition) is 6. The van der Waals surface area contributed by atoms with E-state index in [4.69, 9.17) is 14.2 Å². The van der Waals surface area contributed by atoms with E-state index in [1.165, 1.54) is 17.1 Å². The number of anilines is 1. The maximum absolute atomic E-state index is 12.0. The summed E-state index contributed by atoms with van der Waals surface area (Å²) in [6.45, 7) is 0.171. The Bertz CT molecular complexity index is 760. The van der Waals surface area contributed by atoms with Gasteiger partial charge in [-0.25, -0.2) is 0 Å². The first kappa shape index (κ1) is 16.5. The van der Waals surface area contributed by atoms with Gasteiger partial charge in [0.1, 0.15) is 5.75 Å². The molecule has 2 aliphatic rings. The fourth-order valence-corrected chi connectivity index (χ4v) is 5.45. The van der Waals surface area contributed by atoms with Crippen LogP contribution < -0.4 is 19.5 Å². The minimum atomic E-state index is -0.218. The van der Waals surface area contributed by atoms with Crippen molar-refractivity contribution in [3.63, 3.8) is 0 Å². The smallest absolute Gasteiger partial charge is 0.262 e. The first-order valence-corrected chi connectivity index (χ1v) is 10.0. The topological polar surface area (TPSA) is 56.8 Å². The predicted molar refractivity (Wildman–Crippen MR) is 101 cm³/mol. The number of nitrogens with one attached hydrogen (secondary N) is 1. The lowest BCUT2D eigenvalue weighted by Gasteiger charge is -2.11. The van der Waals surface area contributed by atoms with E-state index in [0.717, 1.165) is 0 Å². The van der Waals surface area contributed by atoms with E-state index in [-0.39, 0.29) is 19.3 Å². The number of hydrogen-bond donors (Lipinski definition) is 1. The summed E-state index contributed by atoms with van der Waals surface area (Å²) in [4.78, 5) is 12.0. The van der Waals surface area contributed by atoms with Gasteiger partial charge in [0.15, 0.2) is 18.1 Å². The second-order valence-corrected chi connectivity index (χ2v) is 8.27. The second kappa shape index (κ2) is 7.49. The highest BCUT2D eigenvalue weighted by Gasteiger charge is 2.18. The third-order valence-corrected chi connectivity index (χ3v) is 6.90. The molecule has 0 aliphatic carbocycles. The van der Waals surface area contributed by atoms with Gasteiger partial charge in [-0.3, -0.25) is 4.79 Å². The van der Waals surface area contributed by atoms with Crippen LogP contribution >= 0.6 is 23.5 Å². The van der Waals surface area contributed by atoms with Crippen molar-refractivity contribution >= 4 is 35.1 Å². The van der Waals surface area contributed by atoms with Crippen LogP contribution in [-0.4, -0.2) is 30.8 Å². The number of rotatable bonds is 5. The van der Waals surface area contributed by atoms with Gasteiger partial charge in [0.25, 0.3) is 5.91 Å². The van der Waals surface area contributed by atoms with Gasteiger partial charge in [-0.05, 0) is 29.8 Å². The van der Waals surface area contributed by atoms with Crippen LogP contribution in [0.5, 0.6) is 17.2 Å². The minimum Gasteiger partial charge on any atom is -0.484 e. The molecule has 0 atom stereocenters. The van der Waals surface area contributed by atoms with E-state index in [1.54, 1.807) is 18.2 Å². The van der Waals surface area contributed by atoms with E-state index in [1.807, 2.05) is 35.7 Å². The Morgan fingerprint density at radius 3 is 2.64 bits per heavy atom. The largest absolute Gasteiger partial charge is 0.484 e. The van der Waals surface area contributed by atoms with Crippen LogP contribution in [0.25, 0.3) is 0 Å². The third kappa shape index (κ3) is 3.99. The Balaban J connectivity index is 1.29. The standard InChI is InChI=1S/C18H17NO4S2/c20-17(19-13-3-6-15-16(9-13)23-11-22-15)10-21-14-4-1-12(2-5-14)18-24-7-8-25-18/h1-6,9,18H,7-8,10-11H2,(H,19,20). The molecule has 2 heterocycles. The molecule has 0 unspecified atom stereocenters. The van der Waals surface area contributed by atoms with Crippen molar-refractivity contribution in [3.8, 4) is 17.2 Å². The predicted octanol–water partition coefficient (Wildman–Crippen LogP) is 3.91. The van der Waals surface area contributed by atoms with Crippen LogP contribution in [0, 0.1) is 0 Å². The number of thioether (sulfide) groups is 2. The zero-order valence-electron chi connectivity index (χ0n) is 13.4. The maximum atomic E-state index is 12.0. The van der Waals surface area contributed by atoms with Crippen LogP contribution in [0.3, 0.4) is 0 Å². The monoisotopic (exact) mass is 375 g/mol. The van der Waals surface area contributed by atoms with E-state index >= 15 is 0 Å². The molecule has 0 aromatic heterocycles. The van der Waals surface area contributed by atoms with Gasteiger partial charge in [0.05, 0.1) is 4.58 Å². The normalized spacial score (nSPS) is 16.0. The highest BCUT2D eigenvalue weighted by Crippen LogP contribution is 2.45. The molecule has 25 heavy (non-hydrogen) atoms. The van der Waals surface area contributed by atoms with E-state index in [0.29, 0.717) is 27.5 Å². The summed E-state index contributed by atoms with van der Waals surface area (Å²) in [6.07, 6.45) is 0. The molecule has 2 aromatic rings. The van der Waals surface area contributed by atoms with Gasteiger partial charge >= 0.3 is 0 Å². The number of carbonyl (C=O) groups is 1. The highest BCUT2D eigenvalue weighted by atomic mass is 32.2. The lowest BCUT2D eigenvalue weighted by molar-refractivity contribution is -0.118. The van der Waals surface area contributed by atoms with E-state index in [9.17, 15) is 4.79 Å². The summed E-state index contributed by atoms with van der Waals surface area (Å²) in [6, 6.07) is 13.3. The van der Waals surface area contributed by atoms with Crippen molar-refractivity contribution in [3.05, 3.63) is 48.0 Å². The fraction of sp³-hybridized carbons (Fsp3) is 0.278. The highest BCUT2D eigenvalue weighted by molar-refractivity contribution is 8.19. The van der Waals surface area contributed by atoms with Crippen molar-refractivity contribution in [2.45, 2.75) is 4.58 Å². The Hall–Kier alpha value is -1.99. The van der Waals surface area contributed by atoms with Gasteiger partial charge in [-0.15, -0.1) is 23.5 Å². The summed E-state index contributed by atoms with van der Waals surface area (Å²) >= 11 is 3.94. The number of fused-ring (bicyclic) bond motifs is 1. The van der Waals surface area contributed by atoms with Gasteiger partial charge < -0.3 is 19.5 Å². The second-order valence-electron chi connectivity index (χ2n) is 5.55. The zero-order valence-corrected chi connectivity index (χ0v) is 15.0. The maximum Gasteiger partial charge on any atom is 0.262 e. The molecule has 4 rings (SSSR count). The summed E-state index contributed by atoms with van der Waals surface area (Å²) in [5.74, 6) is 4.20. The Morgan fingerprint density at radius 1 is 1.08 bits per heavy atom. The first-order chi connectivity index (χ1) is 12.3. The summed E-state index contributed by atoms with van der Waals surface area (Å²) < 4.78 is 16.6. The fourth-order valence-electron chi connectivity index (χ4n) is 2.59. The number of amides is 1. The molecule has 1 N–H and O–H groups in total. The molecular weight excluding hydrogens is 358 g/mol. The average Bonchev–Trinajstić information content (AvgIpc) is 3.32. The van der Waals surface area contributed by atoms with Crippen molar-refractivity contribution in [2.75, 3.05) is 30.2 Å². The van der Waals surface area contributed by atoms with Crippen molar-refractivity contribution in [1.29, 1.82) is 0 Å². The molecule has 0 saturated carbocycles. The van der Waals surface area contributed by atoms with Gasteiger partial charge in [0.2, 0.25) is 6.79 Å². The summed E-state index contributed by atoms with van der Waals surface area (Å²) in [5, 5.41) is 2.79. The average molecular weight is 375 g/mol.